The topological polar surface area (TPSA) is 202 Å². The zero-order valence-electron chi connectivity index (χ0n) is 37.6. The first-order chi connectivity index (χ1) is 33.9. The Morgan fingerprint density at radius 3 is 1.48 bits per heavy atom. The van der Waals surface area contributed by atoms with Crippen LogP contribution in [0.3, 0.4) is 0 Å². The second-order valence-electron chi connectivity index (χ2n) is 15.1. The molecule has 0 aliphatic carbocycles. The van der Waals surface area contributed by atoms with Gasteiger partial charge in [0.25, 0.3) is 11.8 Å². The van der Waals surface area contributed by atoms with Gasteiger partial charge >= 0.3 is 12.4 Å². The van der Waals surface area contributed by atoms with Gasteiger partial charge in [0.15, 0.2) is 0 Å². The molecule has 2 amide bonds. The lowest BCUT2D eigenvalue weighted by atomic mass is 10.1. The van der Waals surface area contributed by atoms with E-state index in [1.54, 1.807) is 54.9 Å². The highest BCUT2D eigenvalue weighted by Crippen LogP contribution is 2.34. The standard InChI is InChI=1S/C24H19F3N6O2S.C24H19F3N6OS/c1-14-6-7-17(32-23(34)15-4-3-5-16(8-15)24(25,26)27)9-19(14)33-22-18(11-28-12-31-22)20-10-21(36(2)35)30-13-29-20;1-14-6-7-17(32-23(34)15-4-3-5-16(8-15)24(25,26)27)9-19(14)33-22-18(11-28-12-31-22)20-10-21(35-2)30-13-29-20/h3-13H,1-2H3,(H,32,34)(H,28,31,33);3-13H,1-2H3,(H,32,34)(H,28,31,33). The van der Waals surface area contributed by atoms with Gasteiger partial charge in [-0.15, -0.1) is 11.8 Å². The maximum Gasteiger partial charge on any atom is 0.416 e. The first kappa shape index (κ1) is 50.7. The van der Waals surface area contributed by atoms with Crippen molar-refractivity contribution in [3.63, 3.8) is 0 Å². The van der Waals surface area contributed by atoms with Gasteiger partial charge in [-0.1, -0.05) is 24.3 Å². The third kappa shape index (κ3) is 13.1. The average Bonchev–Trinajstić information content (AvgIpc) is 3.36. The van der Waals surface area contributed by atoms with Crippen molar-refractivity contribution in [2.75, 3.05) is 33.8 Å². The van der Waals surface area contributed by atoms with Gasteiger partial charge in [-0.05, 0) is 104 Å². The van der Waals surface area contributed by atoms with E-state index in [4.69, 9.17) is 0 Å². The number of benzene rings is 4. The van der Waals surface area contributed by atoms with Crippen LogP contribution in [0.4, 0.5) is 60.7 Å². The van der Waals surface area contributed by atoms with Gasteiger partial charge in [-0.25, -0.2) is 39.9 Å². The maximum atomic E-state index is 13.0. The van der Waals surface area contributed by atoms with Crippen LogP contribution in [0.15, 0.2) is 145 Å². The minimum atomic E-state index is -4.55. The van der Waals surface area contributed by atoms with E-state index in [1.165, 1.54) is 67.6 Å². The molecule has 4 aromatic heterocycles. The van der Waals surface area contributed by atoms with Crippen molar-refractivity contribution in [3.8, 4) is 22.5 Å². The maximum absolute atomic E-state index is 13.0. The second kappa shape index (κ2) is 22.1. The third-order valence-electron chi connectivity index (χ3n) is 10.2. The molecule has 1 unspecified atom stereocenters. The van der Waals surface area contributed by atoms with E-state index >= 15 is 0 Å². The largest absolute Gasteiger partial charge is 0.416 e. The molecule has 0 spiro atoms. The number of nitrogens with one attached hydrogen (secondary N) is 4. The van der Waals surface area contributed by atoms with E-state index in [-0.39, 0.29) is 11.1 Å². The van der Waals surface area contributed by atoms with Crippen LogP contribution in [0, 0.1) is 13.8 Å². The van der Waals surface area contributed by atoms with E-state index in [0.29, 0.717) is 61.9 Å². The number of anilines is 6. The number of thioether (sulfide) groups is 1. The molecular weight excluding hydrogens is 971 g/mol. The molecule has 0 fully saturated rings. The van der Waals surface area contributed by atoms with Crippen LogP contribution >= 0.6 is 11.8 Å². The zero-order valence-corrected chi connectivity index (χ0v) is 39.2. The number of halogens is 6. The molecule has 15 nitrogen and oxygen atoms in total. The number of amides is 2. The summed E-state index contributed by atoms with van der Waals surface area (Å²) in [5, 5.41) is 12.8. The van der Waals surface area contributed by atoms with Crippen LogP contribution in [0.1, 0.15) is 43.0 Å². The van der Waals surface area contributed by atoms with Gasteiger partial charge in [0.05, 0.1) is 49.5 Å². The summed E-state index contributed by atoms with van der Waals surface area (Å²) in [6.45, 7) is 3.71. The molecule has 4 heterocycles. The van der Waals surface area contributed by atoms with E-state index in [1.807, 2.05) is 26.2 Å². The molecule has 8 rings (SSSR count). The molecule has 362 valence electrons. The van der Waals surface area contributed by atoms with Crippen LogP contribution in [0.5, 0.6) is 0 Å². The van der Waals surface area contributed by atoms with Gasteiger partial charge in [0.2, 0.25) is 0 Å². The van der Waals surface area contributed by atoms with Crippen molar-refractivity contribution in [2.24, 2.45) is 0 Å². The Bertz CT molecular complexity index is 3270. The summed E-state index contributed by atoms with van der Waals surface area (Å²) < 4.78 is 89.8. The number of aromatic nitrogens is 8. The Kier molecular flexibility index (Phi) is 15.7. The van der Waals surface area contributed by atoms with Crippen molar-refractivity contribution in [1.82, 2.24) is 39.9 Å². The molecule has 4 N–H and O–H groups in total. The van der Waals surface area contributed by atoms with Crippen molar-refractivity contribution in [1.29, 1.82) is 0 Å². The fourth-order valence-corrected chi connectivity index (χ4v) is 7.33. The Morgan fingerprint density at radius 2 is 1.03 bits per heavy atom. The van der Waals surface area contributed by atoms with Gasteiger partial charge in [0, 0.05) is 52.5 Å². The highest BCUT2D eigenvalue weighted by atomic mass is 32.2. The van der Waals surface area contributed by atoms with Crippen LogP contribution in [-0.2, 0) is 23.2 Å². The van der Waals surface area contributed by atoms with E-state index in [2.05, 4.69) is 61.1 Å². The van der Waals surface area contributed by atoms with Crippen LogP contribution in [0.25, 0.3) is 22.5 Å². The quantitative estimate of drug-likeness (QED) is 0.0511. The molecule has 0 aliphatic rings. The Balaban J connectivity index is 0.000000209. The molecule has 0 bridgehead atoms. The summed E-state index contributed by atoms with van der Waals surface area (Å²) in [6.07, 6.45) is 3.04. The normalized spacial score (nSPS) is 11.7. The van der Waals surface area contributed by atoms with Crippen LogP contribution in [-0.4, -0.2) is 68.4 Å². The number of carbonyl (C=O) groups is 2. The van der Waals surface area contributed by atoms with Gasteiger partial charge in [-0.2, -0.15) is 26.3 Å². The molecular formula is C48H38F6N12O3S2. The van der Waals surface area contributed by atoms with Crippen molar-refractivity contribution >= 4 is 68.8 Å². The molecule has 0 aliphatic heterocycles. The first-order valence-corrected chi connectivity index (χ1v) is 23.5. The summed E-state index contributed by atoms with van der Waals surface area (Å²) in [6, 6.07) is 22.0. The highest BCUT2D eigenvalue weighted by Gasteiger charge is 2.32. The molecule has 0 radical (unpaired) electrons. The van der Waals surface area contributed by atoms with Gasteiger partial charge < -0.3 is 21.3 Å². The van der Waals surface area contributed by atoms with Crippen LogP contribution in [0.2, 0.25) is 0 Å². The summed E-state index contributed by atoms with van der Waals surface area (Å²) >= 11 is 1.48. The number of nitrogens with zero attached hydrogens (tertiary/aromatic N) is 8. The van der Waals surface area contributed by atoms with Crippen molar-refractivity contribution in [2.45, 2.75) is 36.3 Å². The summed E-state index contributed by atoms with van der Waals surface area (Å²) in [7, 11) is -1.31. The molecule has 23 heteroatoms. The first-order valence-electron chi connectivity index (χ1n) is 20.7. The highest BCUT2D eigenvalue weighted by molar-refractivity contribution is 7.98. The van der Waals surface area contributed by atoms with Crippen LogP contribution < -0.4 is 21.3 Å². The third-order valence-corrected chi connectivity index (χ3v) is 11.6. The van der Waals surface area contributed by atoms with Gasteiger partial charge in [-0.3, -0.25) is 13.8 Å². The summed E-state index contributed by atoms with van der Waals surface area (Å²) in [4.78, 5) is 58.7. The molecule has 0 saturated carbocycles. The number of hydrogen-bond donors (Lipinski definition) is 4. The Morgan fingerprint density at radius 1 is 0.563 bits per heavy atom. The average molecular weight is 1010 g/mol. The smallest absolute Gasteiger partial charge is 0.339 e. The number of alkyl halides is 6. The molecule has 1 atom stereocenters. The zero-order chi connectivity index (χ0) is 50.9. The van der Waals surface area contributed by atoms with Crippen molar-refractivity contribution in [3.05, 3.63) is 168 Å². The van der Waals surface area contributed by atoms with Gasteiger partial charge in [0.1, 0.15) is 42.0 Å². The monoisotopic (exact) mass is 1010 g/mol. The SMILES string of the molecule is CSc1cc(-c2cncnc2Nc2cc(NC(=O)c3cccc(C(F)(F)F)c3)ccc2C)ncn1.Cc1ccc(NC(=O)c2cccc(C(F)(F)F)c2)cc1Nc1ncncc1-c1cc(S(C)=O)ncn1. The summed E-state index contributed by atoms with van der Waals surface area (Å²) in [5.74, 6) is -0.435. The number of rotatable bonds is 12. The lowest BCUT2D eigenvalue weighted by molar-refractivity contribution is -0.138. The minimum absolute atomic E-state index is 0.0960. The fraction of sp³-hybridized carbons (Fsp3) is 0.125. The predicted molar refractivity (Wildman–Crippen MR) is 258 cm³/mol. The van der Waals surface area contributed by atoms with E-state index in [9.17, 15) is 40.1 Å². The van der Waals surface area contributed by atoms with Crippen molar-refractivity contribution < 1.29 is 40.1 Å². The van der Waals surface area contributed by atoms with E-state index in [0.717, 1.165) is 40.4 Å². The number of carbonyl (C=O) groups excluding carboxylic acids is 2. The number of aryl methyl sites for hydroxylation is 2. The Labute approximate surface area is 408 Å². The lowest BCUT2D eigenvalue weighted by Gasteiger charge is -2.14. The second-order valence-corrected chi connectivity index (χ2v) is 17.2. The lowest BCUT2D eigenvalue weighted by Crippen LogP contribution is -2.14. The molecule has 0 saturated heterocycles. The fourth-order valence-electron chi connectivity index (χ4n) is 6.48. The number of hydrogen-bond acceptors (Lipinski definition) is 14. The molecule has 71 heavy (non-hydrogen) atoms. The molecule has 8 aromatic rings. The predicted octanol–water partition coefficient (Wildman–Crippen LogP) is 11.0. The Hall–Kier alpha value is -8.18. The van der Waals surface area contributed by atoms with E-state index < -0.39 is 46.1 Å². The minimum Gasteiger partial charge on any atom is -0.339 e. The summed E-state index contributed by atoms with van der Waals surface area (Å²) in [5.41, 5.74) is 3.96. The molecule has 4 aromatic carbocycles.